The largest absolute Gasteiger partial charge is 0.358 e. The molecule has 1 fully saturated rings. The molecule has 1 rings (SSSR count). The summed E-state index contributed by atoms with van der Waals surface area (Å²) >= 11 is 0. The summed E-state index contributed by atoms with van der Waals surface area (Å²) < 4.78 is 0. The van der Waals surface area contributed by atoms with Crippen molar-refractivity contribution in [2.24, 2.45) is 11.8 Å². The molecule has 1 amide bonds. The number of nitrogens with one attached hydrogen (secondary N) is 2. The monoisotopic (exact) mass is 212 g/mol. The molecule has 0 aromatic carbocycles. The number of carbonyl (C=O) groups excluding carboxylic acids is 1. The van der Waals surface area contributed by atoms with Crippen LogP contribution in [-0.2, 0) is 4.79 Å². The maximum atomic E-state index is 11.5. The van der Waals surface area contributed by atoms with Crippen LogP contribution in [0.2, 0.25) is 0 Å². The van der Waals surface area contributed by atoms with Crippen LogP contribution in [0.3, 0.4) is 0 Å². The lowest BCUT2D eigenvalue weighted by atomic mass is 9.86. The number of likely N-dealkylation sites (N-methyl/N-ethyl adjacent to an activating group) is 1. The van der Waals surface area contributed by atoms with Gasteiger partial charge in [0, 0.05) is 7.05 Å². The first-order chi connectivity index (χ1) is 7.13. The van der Waals surface area contributed by atoms with Crippen LogP contribution in [0.4, 0.5) is 0 Å². The number of carbonyl (C=O) groups is 1. The van der Waals surface area contributed by atoms with Crippen LogP contribution in [0.1, 0.15) is 39.5 Å². The molecule has 0 aromatic rings. The van der Waals surface area contributed by atoms with Gasteiger partial charge in [0.15, 0.2) is 0 Å². The third-order valence-corrected chi connectivity index (χ3v) is 3.23. The van der Waals surface area contributed by atoms with Crippen LogP contribution in [0.25, 0.3) is 0 Å². The third-order valence-electron chi connectivity index (χ3n) is 3.23. The van der Waals surface area contributed by atoms with E-state index in [4.69, 9.17) is 0 Å². The van der Waals surface area contributed by atoms with Gasteiger partial charge in [-0.2, -0.15) is 0 Å². The Kier molecular flexibility index (Phi) is 5.09. The van der Waals surface area contributed by atoms with E-state index in [0.717, 1.165) is 24.8 Å². The molecule has 2 N–H and O–H groups in total. The van der Waals surface area contributed by atoms with Crippen LogP contribution in [0.5, 0.6) is 0 Å². The summed E-state index contributed by atoms with van der Waals surface area (Å²) in [5, 5.41) is 5.99. The molecule has 3 nitrogen and oxygen atoms in total. The number of piperidine rings is 1. The number of amides is 1. The van der Waals surface area contributed by atoms with Gasteiger partial charge >= 0.3 is 0 Å². The number of hydrogen-bond donors (Lipinski definition) is 2. The second-order valence-corrected chi connectivity index (χ2v) is 4.98. The van der Waals surface area contributed by atoms with Gasteiger partial charge in [0.1, 0.15) is 0 Å². The van der Waals surface area contributed by atoms with Gasteiger partial charge in [-0.05, 0) is 31.2 Å². The van der Waals surface area contributed by atoms with Crippen molar-refractivity contribution in [3.63, 3.8) is 0 Å². The normalized spacial score (nSPS) is 26.7. The van der Waals surface area contributed by atoms with Gasteiger partial charge in [-0.25, -0.2) is 0 Å². The van der Waals surface area contributed by atoms with Gasteiger partial charge in [-0.1, -0.05) is 26.7 Å². The highest BCUT2D eigenvalue weighted by molar-refractivity contribution is 5.81. The Morgan fingerprint density at radius 3 is 2.87 bits per heavy atom. The molecule has 0 aromatic heterocycles. The zero-order valence-electron chi connectivity index (χ0n) is 10.2. The van der Waals surface area contributed by atoms with Crippen LogP contribution in [0.15, 0.2) is 0 Å². The highest BCUT2D eigenvalue weighted by Gasteiger charge is 2.25. The molecule has 2 atom stereocenters. The van der Waals surface area contributed by atoms with Crippen LogP contribution >= 0.6 is 0 Å². The van der Waals surface area contributed by atoms with E-state index < -0.39 is 0 Å². The molecule has 1 saturated heterocycles. The van der Waals surface area contributed by atoms with E-state index in [9.17, 15) is 4.79 Å². The molecule has 0 bridgehead atoms. The van der Waals surface area contributed by atoms with Gasteiger partial charge in [0.2, 0.25) is 5.91 Å². The Morgan fingerprint density at radius 1 is 1.53 bits per heavy atom. The minimum atomic E-state index is 0.0425. The molecular formula is C12H24N2O. The Balaban J connectivity index is 2.32. The quantitative estimate of drug-likeness (QED) is 0.742. The second kappa shape index (κ2) is 6.11. The first-order valence-corrected chi connectivity index (χ1v) is 6.08. The lowest BCUT2D eigenvalue weighted by molar-refractivity contribution is -0.123. The highest BCUT2D eigenvalue weighted by atomic mass is 16.2. The molecule has 1 aliphatic rings. The molecule has 2 unspecified atom stereocenters. The van der Waals surface area contributed by atoms with Crippen molar-refractivity contribution in [1.82, 2.24) is 10.6 Å². The zero-order chi connectivity index (χ0) is 11.3. The first-order valence-electron chi connectivity index (χ1n) is 6.08. The van der Waals surface area contributed by atoms with Crippen molar-refractivity contribution in [2.75, 3.05) is 13.6 Å². The number of rotatable bonds is 4. The second-order valence-electron chi connectivity index (χ2n) is 4.98. The fourth-order valence-electron chi connectivity index (χ4n) is 2.20. The molecule has 0 aliphatic carbocycles. The van der Waals surface area contributed by atoms with E-state index in [-0.39, 0.29) is 11.9 Å². The summed E-state index contributed by atoms with van der Waals surface area (Å²) in [4.78, 5) is 11.5. The van der Waals surface area contributed by atoms with Gasteiger partial charge in [0.05, 0.1) is 6.04 Å². The van der Waals surface area contributed by atoms with E-state index in [1.807, 2.05) is 0 Å². The molecule has 0 radical (unpaired) electrons. The first kappa shape index (κ1) is 12.5. The minimum absolute atomic E-state index is 0.0425. The Morgan fingerprint density at radius 2 is 2.27 bits per heavy atom. The van der Waals surface area contributed by atoms with Crippen molar-refractivity contribution < 1.29 is 4.79 Å². The summed E-state index contributed by atoms with van der Waals surface area (Å²) in [7, 11) is 1.71. The van der Waals surface area contributed by atoms with Crippen molar-refractivity contribution in [3.05, 3.63) is 0 Å². The summed E-state index contributed by atoms with van der Waals surface area (Å²) in [6.07, 6.45) is 4.78. The van der Waals surface area contributed by atoms with Gasteiger partial charge < -0.3 is 10.6 Å². The van der Waals surface area contributed by atoms with Crippen LogP contribution in [-0.4, -0.2) is 25.5 Å². The lowest BCUT2D eigenvalue weighted by Gasteiger charge is -2.29. The summed E-state index contributed by atoms with van der Waals surface area (Å²) in [6.45, 7) is 5.51. The predicted octanol–water partition coefficient (Wildman–Crippen LogP) is 1.54. The van der Waals surface area contributed by atoms with Crippen LogP contribution in [0, 0.1) is 11.8 Å². The average molecular weight is 212 g/mol. The summed E-state index contributed by atoms with van der Waals surface area (Å²) in [5.41, 5.74) is 0. The zero-order valence-corrected chi connectivity index (χ0v) is 10.2. The predicted molar refractivity (Wildman–Crippen MR) is 62.7 cm³/mol. The maximum absolute atomic E-state index is 11.5. The summed E-state index contributed by atoms with van der Waals surface area (Å²) in [5.74, 6) is 1.65. The molecule has 1 aliphatic heterocycles. The van der Waals surface area contributed by atoms with E-state index in [1.165, 1.54) is 19.3 Å². The van der Waals surface area contributed by atoms with Gasteiger partial charge in [0.25, 0.3) is 0 Å². The summed E-state index contributed by atoms with van der Waals surface area (Å²) in [6, 6.07) is 0.0425. The molecule has 3 heteroatoms. The lowest BCUT2D eigenvalue weighted by Crippen LogP contribution is -2.47. The van der Waals surface area contributed by atoms with Crippen molar-refractivity contribution in [3.8, 4) is 0 Å². The average Bonchev–Trinajstić information content (AvgIpc) is 2.25. The molecule has 88 valence electrons. The van der Waals surface area contributed by atoms with Gasteiger partial charge in [-0.15, -0.1) is 0 Å². The molecule has 15 heavy (non-hydrogen) atoms. The van der Waals surface area contributed by atoms with E-state index in [0.29, 0.717) is 0 Å². The molecule has 0 saturated carbocycles. The smallest absolute Gasteiger partial charge is 0.236 e. The fraction of sp³-hybridized carbons (Fsp3) is 0.917. The maximum Gasteiger partial charge on any atom is 0.236 e. The molecular weight excluding hydrogens is 188 g/mol. The Hall–Kier alpha value is -0.570. The van der Waals surface area contributed by atoms with Crippen molar-refractivity contribution in [1.29, 1.82) is 0 Å². The third kappa shape index (κ3) is 4.20. The Bertz CT molecular complexity index is 204. The van der Waals surface area contributed by atoms with E-state index in [2.05, 4.69) is 24.5 Å². The standard InChI is InChI=1S/C12H24N2O/c1-9(2)4-5-10-6-7-14-11(8-10)12(15)13-3/h9-11,14H,4-8H2,1-3H3,(H,13,15). The number of hydrogen-bond acceptors (Lipinski definition) is 2. The minimum Gasteiger partial charge on any atom is -0.358 e. The van der Waals surface area contributed by atoms with Crippen molar-refractivity contribution in [2.45, 2.75) is 45.6 Å². The SMILES string of the molecule is CNC(=O)C1CC(CCC(C)C)CCN1. The van der Waals surface area contributed by atoms with Gasteiger partial charge in [-0.3, -0.25) is 4.79 Å². The van der Waals surface area contributed by atoms with Crippen LogP contribution < -0.4 is 10.6 Å². The van der Waals surface area contributed by atoms with E-state index >= 15 is 0 Å². The van der Waals surface area contributed by atoms with Crippen molar-refractivity contribution >= 4 is 5.91 Å². The Labute approximate surface area is 93.0 Å². The topological polar surface area (TPSA) is 41.1 Å². The molecule has 1 heterocycles. The highest BCUT2D eigenvalue weighted by Crippen LogP contribution is 2.23. The molecule has 0 spiro atoms. The fourth-order valence-corrected chi connectivity index (χ4v) is 2.20. The van der Waals surface area contributed by atoms with E-state index in [1.54, 1.807) is 7.05 Å².